The smallest absolute Gasteiger partial charge is 0.184 e. The first-order chi connectivity index (χ1) is 20.0. The number of nitrogens with zero attached hydrogens (tertiary/aromatic N) is 2. The Morgan fingerprint density at radius 2 is 1.19 bits per heavy atom. The normalized spacial score (nSPS) is 10.2. The molecule has 13 heteroatoms. The molecule has 1 N–H and O–H groups in total. The summed E-state index contributed by atoms with van der Waals surface area (Å²) in [5.41, 5.74) is 0.856. The van der Waals surface area contributed by atoms with Crippen LogP contribution in [0.4, 0.5) is 0 Å². The van der Waals surface area contributed by atoms with E-state index in [9.17, 15) is 9.59 Å². The summed E-state index contributed by atoms with van der Waals surface area (Å²) in [7, 11) is 0. The molecule has 0 fully saturated rings. The Morgan fingerprint density at radius 1 is 0.762 bits per heavy atom. The van der Waals surface area contributed by atoms with Crippen LogP contribution in [-0.2, 0) is 0 Å². The van der Waals surface area contributed by atoms with Crippen molar-refractivity contribution >= 4 is 81.8 Å². The predicted molar refractivity (Wildman–Crippen MR) is 183 cm³/mol. The summed E-state index contributed by atoms with van der Waals surface area (Å²) >= 11 is 16.1. The van der Waals surface area contributed by atoms with E-state index in [4.69, 9.17) is 37.4 Å². The lowest BCUT2D eigenvalue weighted by Crippen LogP contribution is -1.99. The molecule has 7 nitrogen and oxygen atoms in total. The van der Waals surface area contributed by atoms with Crippen molar-refractivity contribution in [3.05, 3.63) is 58.5 Å². The van der Waals surface area contributed by atoms with E-state index in [2.05, 4.69) is 26.2 Å². The molecular weight excluding hydrogens is 682 g/mol. The summed E-state index contributed by atoms with van der Waals surface area (Å²) < 4.78 is 10.4. The van der Waals surface area contributed by atoms with Crippen molar-refractivity contribution in [3.63, 3.8) is 0 Å². The van der Waals surface area contributed by atoms with Crippen molar-refractivity contribution in [2.75, 3.05) is 17.3 Å². The Labute approximate surface area is 275 Å². The van der Waals surface area contributed by atoms with Gasteiger partial charge in [0.2, 0.25) is 0 Å². The number of carbonyl (C=O) groups excluding carboxylic acids is 2. The van der Waals surface area contributed by atoms with E-state index in [0.29, 0.717) is 35.7 Å². The topological polar surface area (TPSA) is 106 Å². The first kappa shape index (κ1) is 38.3. The average Bonchev–Trinajstić information content (AvgIpc) is 3.79. The maximum absolute atomic E-state index is 11.9. The third-order valence-electron chi connectivity index (χ3n) is 5.72. The van der Waals surface area contributed by atoms with Gasteiger partial charge in [-0.2, -0.15) is 0 Å². The lowest BCUT2D eigenvalue weighted by atomic mass is 10.1. The zero-order valence-electron chi connectivity index (χ0n) is 22.7. The Balaban J connectivity index is 0.000000376. The van der Waals surface area contributed by atoms with E-state index >= 15 is 0 Å². The largest absolute Gasteiger partial charge is 0.396 e. The van der Waals surface area contributed by atoms with E-state index in [0.717, 1.165) is 60.0 Å². The molecule has 42 heavy (non-hydrogen) atoms. The first-order valence-corrected chi connectivity index (χ1v) is 17.3. The lowest BCUT2D eigenvalue weighted by Gasteiger charge is -1.97. The minimum atomic E-state index is 0. The summed E-state index contributed by atoms with van der Waals surface area (Å²) in [6.07, 6.45) is 8.95. The van der Waals surface area contributed by atoms with Crippen molar-refractivity contribution in [2.45, 2.75) is 64.2 Å². The van der Waals surface area contributed by atoms with Crippen LogP contribution in [0.1, 0.15) is 85.2 Å². The molecule has 4 aromatic rings. The molecule has 0 aliphatic heterocycles. The highest BCUT2D eigenvalue weighted by Crippen LogP contribution is 2.26. The highest BCUT2D eigenvalue weighted by atomic mass is 79.9. The number of halogens is 3. The number of carbonyl (C=O) groups is 2. The number of aliphatic hydroxyl groups is 1. The maximum Gasteiger partial charge on any atom is 0.184 e. The SMILES string of the molecule is ClCCl.O=C(CCCCCCBr)c1cc(-c2cccs2)on1.O=C(CCCCCCO)c1cc(-c2cccs2)on1.[BH4-]. The number of unbranched alkanes of at least 4 members (excludes halogenated alkanes) is 6. The van der Waals surface area contributed by atoms with E-state index in [1.807, 2.05) is 35.0 Å². The van der Waals surface area contributed by atoms with Crippen LogP contribution in [0.2, 0.25) is 0 Å². The zero-order valence-corrected chi connectivity index (χ0v) is 27.5. The molecule has 0 saturated heterocycles. The fourth-order valence-corrected chi connectivity index (χ4v) is 5.37. The zero-order chi connectivity index (χ0) is 29.7. The van der Waals surface area contributed by atoms with Crippen molar-refractivity contribution in [1.29, 1.82) is 0 Å². The quantitative estimate of drug-likeness (QED) is 0.0536. The Kier molecular flexibility index (Phi) is 21.6. The fourth-order valence-electron chi connectivity index (χ4n) is 3.62. The standard InChI is InChI=1S/C14H16BrNO2S.C14H17NO3S.CH2Cl2.BH4/c15-8-4-2-1-3-6-12(17)11-10-13(18-16-11)14-7-5-9-19-14;16-8-4-2-1-3-6-12(17)11-10-13(18-15-11)14-7-5-9-19-14;2-1-3;/h5,7,9-10H,1-4,6,8H2;5,7,9-10,16H,1-4,6,8H2;1H2;1H4/q;;;-1. The van der Waals surface area contributed by atoms with Gasteiger partial charge >= 0.3 is 0 Å². The fraction of sp³-hybridized carbons (Fsp3) is 0.448. The molecular formula is C29H39BBrCl2N2O5S2-. The summed E-state index contributed by atoms with van der Waals surface area (Å²) in [5.74, 6) is 1.43. The highest BCUT2D eigenvalue weighted by Gasteiger charge is 2.15. The third-order valence-corrected chi connectivity index (χ3v) is 8.05. The molecule has 0 saturated carbocycles. The lowest BCUT2D eigenvalue weighted by molar-refractivity contribution is 0.0962. The van der Waals surface area contributed by atoms with Gasteiger partial charge in [0.1, 0.15) is 11.4 Å². The van der Waals surface area contributed by atoms with Gasteiger partial charge < -0.3 is 14.2 Å². The number of alkyl halides is 3. The van der Waals surface area contributed by atoms with Crippen LogP contribution in [0.25, 0.3) is 21.3 Å². The number of aromatic nitrogens is 2. The van der Waals surface area contributed by atoms with Crippen LogP contribution in [0.5, 0.6) is 0 Å². The molecule has 0 amide bonds. The molecule has 0 aliphatic rings. The Hall–Kier alpha value is -1.76. The van der Waals surface area contributed by atoms with Crippen LogP contribution in [0.3, 0.4) is 0 Å². The Morgan fingerprint density at radius 3 is 1.57 bits per heavy atom. The second kappa shape index (κ2) is 23.7. The molecule has 4 heterocycles. The van der Waals surface area contributed by atoms with Gasteiger partial charge in [0, 0.05) is 36.9 Å². The predicted octanol–water partition coefficient (Wildman–Crippen LogP) is 8.43. The van der Waals surface area contributed by atoms with E-state index in [1.165, 1.54) is 6.42 Å². The number of hydrogen-bond acceptors (Lipinski definition) is 9. The second-order valence-corrected chi connectivity index (χ2v) is 12.3. The molecule has 0 radical (unpaired) electrons. The molecule has 0 aliphatic carbocycles. The van der Waals surface area contributed by atoms with Gasteiger partial charge in [0.15, 0.2) is 23.1 Å². The number of Topliss-reactive ketones (excluding diaryl/α,β-unsaturated/α-hetero) is 2. The number of thiophene rings is 2. The number of hydrogen-bond donors (Lipinski definition) is 1. The van der Waals surface area contributed by atoms with Crippen molar-refractivity contribution in [1.82, 2.24) is 10.3 Å². The van der Waals surface area contributed by atoms with E-state index in [-0.39, 0.29) is 31.9 Å². The second-order valence-electron chi connectivity index (χ2n) is 8.80. The summed E-state index contributed by atoms with van der Waals surface area (Å²) in [6.45, 7) is 0.224. The van der Waals surface area contributed by atoms with Crippen LogP contribution >= 0.6 is 61.8 Å². The minimum Gasteiger partial charge on any atom is -0.396 e. The van der Waals surface area contributed by atoms with Gasteiger partial charge in [-0.05, 0) is 48.6 Å². The van der Waals surface area contributed by atoms with Crippen molar-refractivity contribution in [3.8, 4) is 21.3 Å². The molecule has 0 aromatic carbocycles. The van der Waals surface area contributed by atoms with Crippen LogP contribution in [0, 0.1) is 0 Å². The monoisotopic (exact) mass is 719 g/mol. The summed E-state index contributed by atoms with van der Waals surface area (Å²) in [5, 5.41) is 21.5. The van der Waals surface area contributed by atoms with Gasteiger partial charge in [-0.25, -0.2) is 0 Å². The van der Waals surface area contributed by atoms with Gasteiger partial charge in [-0.1, -0.05) is 72.5 Å². The third kappa shape index (κ3) is 14.6. The maximum atomic E-state index is 11.9. The molecule has 0 bridgehead atoms. The molecule has 4 aromatic heterocycles. The molecule has 0 unspecified atom stereocenters. The number of rotatable bonds is 16. The summed E-state index contributed by atoms with van der Waals surface area (Å²) in [6, 6.07) is 11.2. The average molecular weight is 721 g/mol. The number of aliphatic hydroxyl groups excluding tert-OH is 1. The van der Waals surface area contributed by atoms with Crippen LogP contribution in [-0.4, -0.2) is 52.7 Å². The van der Waals surface area contributed by atoms with Gasteiger partial charge in [-0.3, -0.25) is 9.59 Å². The molecule has 0 atom stereocenters. The Bertz CT molecular complexity index is 1140. The molecule has 232 valence electrons. The van der Waals surface area contributed by atoms with Crippen molar-refractivity contribution in [2.24, 2.45) is 0 Å². The minimum absolute atomic E-state index is 0. The van der Waals surface area contributed by atoms with Gasteiger partial charge in [0.05, 0.1) is 15.1 Å². The van der Waals surface area contributed by atoms with Crippen LogP contribution < -0.4 is 0 Å². The van der Waals surface area contributed by atoms with Crippen LogP contribution in [0.15, 0.2) is 56.2 Å². The molecule has 0 spiro atoms. The van der Waals surface area contributed by atoms with E-state index < -0.39 is 0 Å². The molecule has 4 rings (SSSR count). The number of ketones is 2. The van der Waals surface area contributed by atoms with Crippen molar-refractivity contribution < 1.29 is 23.7 Å². The van der Waals surface area contributed by atoms with Gasteiger partial charge in [-0.15, -0.1) is 45.9 Å². The highest BCUT2D eigenvalue weighted by molar-refractivity contribution is 9.09. The van der Waals surface area contributed by atoms with E-state index in [1.54, 1.807) is 34.8 Å². The summed E-state index contributed by atoms with van der Waals surface area (Å²) in [4.78, 5) is 25.8. The first-order valence-electron chi connectivity index (χ1n) is 13.4. The van der Waals surface area contributed by atoms with Gasteiger partial charge in [0.25, 0.3) is 0 Å².